The fraction of sp³-hybridized carbons (Fsp3) is 0.143. The first-order valence-electron chi connectivity index (χ1n) is 5.46. The molecule has 0 aliphatic rings. The molecule has 0 saturated carbocycles. The van der Waals surface area contributed by atoms with Crippen molar-refractivity contribution in [1.82, 2.24) is 4.98 Å². The number of nitrogens with zero attached hydrogens (tertiary/aromatic N) is 1. The van der Waals surface area contributed by atoms with Crippen LogP contribution in [0.4, 0.5) is 4.39 Å². The summed E-state index contributed by atoms with van der Waals surface area (Å²) in [5.41, 5.74) is 1.96. The molecule has 18 heavy (non-hydrogen) atoms. The first kappa shape index (κ1) is 12.7. The van der Waals surface area contributed by atoms with E-state index in [0.29, 0.717) is 11.3 Å². The Hall–Kier alpha value is -1.74. The van der Waals surface area contributed by atoms with Crippen LogP contribution in [0.2, 0.25) is 5.02 Å². The molecule has 1 aromatic heterocycles. The third kappa shape index (κ3) is 2.74. The molecule has 2 nitrogen and oxygen atoms in total. The number of ketones is 1. The number of Topliss-reactive ketones (excluding diaryl/α,β-unsaturated/α-hetero) is 1. The van der Waals surface area contributed by atoms with E-state index in [2.05, 4.69) is 4.98 Å². The van der Waals surface area contributed by atoms with Crippen molar-refractivity contribution in [2.45, 2.75) is 13.3 Å². The van der Waals surface area contributed by atoms with Crippen LogP contribution in [0.25, 0.3) is 0 Å². The van der Waals surface area contributed by atoms with Crippen molar-refractivity contribution < 1.29 is 9.18 Å². The Balaban J connectivity index is 2.22. The van der Waals surface area contributed by atoms with Crippen molar-refractivity contribution in [1.29, 1.82) is 0 Å². The van der Waals surface area contributed by atoms with Gasteiger partial charge >= 0.3 is 0 Å². The third-order valence-electron chi connectivity index (χ3n) is 2.69. The lowest BCUT2D eigenvalue weighted by Crippen LogP contribution is -2.06. The minimum atomic E-state index is -0.583. The predicted octanol–water partition coefficient (Wildman–Crippen LogP) is 3.61. The van der Waals surface area contributed by atoms with Crippen molar-refractivity contribution in [3.63, 3.8) is 0 Å². The van der Waals surface area contributed by atoms with Crippen molar-refractivity contribution in [3.05, 3.63) is 64.2 Å². The molecule has 0 aliphatic carbocycles. The van der Waals surface area contributed by atoms with E-state index in [1.165, 1.54) is 12.1 Å². The van der Waals surface area contributed by atoms with Crippen LogP contribution in [0.15, 0.2) is 36.5 Å². The van der Waals surface area contributed by atoms with E-state index in [-0.39, 0.29) is 17.2 Å². The average Bonchev–Trinajstić information content (AvgIpc) is 2.35. The molecule has 0 radical (unpaired) electrons. The highest BCUT2D eigenvalue weighted by molar-refractivity contribution is 6.30. The highest BCUT2D eigenvalue weighted by Gasteiger charge is 2.11. The zero-order valence-electron chi connectivity index (χ0n) is 9.78. The number of rotatable bonds is 3. The van der Waals surface area contributed by atoms with E-state index >= 15 is 0 Å². The van der Waals surface area contributed by atoms with Gasteiger partial charge in [-0.3, -0.25) is 9.78 Å². The molecule has 4 heteroatoms. The molecule has 0 unspecified atom stereocenters. The van der Waals surface area contributed by atoms with E-state index < -0.39 is 5.82 Å². The molecule has 1 heterocycles. The van der Waals surface area contributed by atoms with Crippen LogP contribution < -0.4 is 0 Å². The van der Waals surface area contributed by atoms with Gasteiger partial charge in [0.15, 0.2) is 5.78 Å². The van der Waals surface area contributed by atoms with Crippen molar-refractivity contribution >= 4 is 17.4 Å². The second-order valence-electron chi connectivity index (χ2n) is 4.00. The van der Waals surface area contributed by atoms with E-state index in [1.807, 2.05) is 19.1 Å². The topological polar surface area (TPSA) is 30.0 Å². The summed E-state index contributed by atoms with van der Waals surface area (Å²) in [5.74, 6) is -0.757. The number of hydrogen-bond acceptors (Lipinski definition) is 2. The Kier molecular flexibility index (Phi) is 3.72. The van der Waals surface area contributed by atoms with Gasteiger partial charge in [0.2, 0.25) is 0 Å². The van der Waals surface area contributed by atoms with Crippen molar-refractivity contribution in [2.75, 3.05) is 0 Å². The van der Waals surface area contributed by atoms with Gasteiger partial charge in [0.25, 0.3) is 0 Å². The Morgan fingerprint density at radius 3 is 2.83 bits per heavy atom. The lowest BCUT2D eigenvalue weighted by Gasteiger charge is -2.04. The zero-order chi connectivity index (χ0) is 13.1. The summed E-state index contributed by atoms with van der Waals surface area (Å²) in [6.45, 7) is 1.89. The normalized spacial score (nSPS) is 10.4. The van der Waals surface area contributed by atoms with Crippen molar-refractivity contribution in [2.24, 2.45) is 0 Å². The number of aryl methyl sites for hydroxylation is 1. The highest BCUT2D eigenvalue weighted by Crippen LogP contribution is 2.17. The van der Waals surface area contributed by atoms with Gasteiger partial charge in [-0.1, -0.05) is 17.7 Å². The van der Waals surface area contributed by atoms with Gasteiger partial charge in [-0.2, -0.15) is 0 Å². The molecule has 0 bridgehead atoms. The molecule has 92 valence electrons. The molecule has 0 N–H and O–H groups in total. The van der Waals surface area contributed by atoms with Gasteiger partial charge in [0.1, 0.15) is 5.82 Å². The number of hydrogen-bond donors (Lipinski definition) is 0. The summed E-state index contributed by atoms with van der Waals surface area (Å²) in [4.78, 5) is 16.1. The molecular weight excluding hydrogens is 253 g/mol. The van der Waals surface area contributed by atoms with Gasteiger partial charge < -0.3 is 0 Å². The minimum Gasteiger partial charge on any atom is -0.294 e. The fourth-order valence-corrected chi connectivity index (χ4v) is 1.74. The Labute approximate surface area is 109 Å². The van der Waals surface area contributed by atoms with Gasteiger partial charge in [-0.25, -0.2) is 4.39 Å². The molecule has 0 aliphatic heterocycles. The van der Waals surface area contributed by atoms with Crippen LogP contribution in [0.1, 0.15) is 21.6 Å². The summed E-state index contributed by atoms with van der Waals surface area (Å²) >= 11 is 5.57. The molecule has 0 amide bonds. The molecule has 2 rings (SSSR count). The van der Waals surface area contributed by atoms with Gasteiger partial charge in [0, 0.05) is 11.8 Å². The Morgan fingerprint density at radius 1 is 1.39 bits per heavy atom. The van der Waals surface area contributed by atoms with E-state index in [4.69, 9.17) is 11.6 Å². The smallest absolute Gasteiger partial charge is 0.168 e. The monoisotopic (exact) mass is 263 g/mol. The van der Waals surface area contributed by atoms with E-state index in [9.17, 15) is 9.18 Å². The number of aromatic nitrogens is 1. The lowest BCUT2D eigenvalue weighted by molar-refractivity contribution is 0.0991. The molecule has 0 atom stereocenters. The quantitative estimate of drug-likeness (QED) is 0.792. The maximum absolute atomic E-state index is 13.3. The van der Waals surface area contributed by atoms with Gasteiger partial charge in [0.05, 0.1) is 17.1 Å². The third-order valence-corrected chi connectivity index (χ3v) is 2.99. The summed E-state index contributed by atoms with van der Waals surface area (Å²) in [6, 6.07) is 7.76. The fourth-order valence-electron chi connectivity index (χ4n) is 1.63. The number of pyridine rings is 1. The SMILES string of the molecule is Cc1cccnc1CC(=O)c1ccc(Cl)c(F)c1. The second kappa shape index (κ2) is 5.27. The first-order chi connectivity index (χ1) is 8.58. The summed E-state index contributed by atoms with van der Waals surface area (Å²) in [7, 11) is 0. The Morgan fingerprint density at radius 2 is 2.17 bits per heavy atom. The molecule has 0 spiro atoms. The molecule has 0 fully saturated rings. The van der Waals surface area contributed by atoms with Crippen molar-refractivity contribution in [3.8, 4) is 0 Å². The highest BCUT2D eigenvalue weighted by atomic mass is 35.5. The molecular formula is C14H11ClFNO. The van der Waals surface area contributed by atoms with Crippen LogP contribution in [0.3, 0.4) is 0 Å². The lowest BCUT2D eigenvalue weighted by atomic mass is 10.0. The zero-order valence-corrected chi connectivity index (χ0v) is 10.5. The standard InChI is InChI=1S/C14H11ClFNO/c1-9-3-2-6-17-13(9)8-14(18)10-4-5-11(15)12(16)7-10/h2-7H,8H2,1H3. The minimum absolute atomic E-state index is 0.0144. The van der Waals surface area contributed by atoms with Gasteiger partial charge in [-0.15, -0.1) is 0 Å². The number of carbonyl (C=O) groups excluding carboxylic acids is 1. The molecule has 1 aromatic carbocycles. The van der Waals surface area contributed by atoms with E-state index in [1.54, 1.807) is 6.20 Å². The number of halogens is 2. The molecule has 2 aromatic rings. The summed E-state index contributed by atoms with van der Waals surface area (Å²) in [5, 5.41) is 0.0144. The van der Waals surface area contributed by atoms with Crippen LogP contribution in [0, 0.1) is 12.7 Å². The largest absolute Gasteiger partial charge is 0.294 e. The first-order valence-corrected chi connectivity index (χ1v) is 5.84. The number of benzene rings is 1. The number of carbonyl (C=O) groups is 1. The second-order valence-corrected chi connectivity index (χ2v) is 4.40. The maximum atomic E-state index is 13.3. The van der Waals surface area contributed by atoms with E-state index in [0.717, 1.165) is 11.6 Å². The summed E-state index contributed by atoms with van der Waals surface area (Å²) in [6.07, 6.45) is 1.80. The average molecular weight is 264 g/mol. The van der Waals surface area contributed by atoms with Crippen LogP contribution in [-0.4, -0.2) is 10.8 Å². The predicted molar refractivity (Wildman–Crippen MR) is 68.4 cm³/mol. The molecule has 0 saturated heterocycles. The van der Waals surface area contributed by atoms with Crippen LogP contribution >= 0.6 is 11.6 Å². The maximum Gasteiger partial charge on any atom is 0.168 e. The van der Waals surface area contributed by atoms with Crippen LogP contribution in [-0.2, 0) is 6.42 Å². The Bertz CT molecular complexity index is 598. The van der Waals surface area contributed by atoms with Crippen LogP contribution in [0.5, 0.6) is 0 Å². The van der Waals surface area contributed by atoms with Gasteiger partial charge in [-0.05, 0) is 36.8 Å². The summed E-state index contributed by atoms with van der Waals surface area (Å²) < 4.78 is 13.3.